The SMILES string of the molecule is CSc1ccc(-c2ccc(Cn3ccnc3)s2)nn1. The van der Waals surface area contributed by atoms with Gasteiger partial charge in [0.25, 0.3) is 0 Å². The normalized spacial score (nSPS) is 10.8. The van der Waals surface area contributed by atoms with Crippen LogP contribution in [0.3, 0.4) is 0 Å². The molecule has 3 aromatic rings. The number of aromatic nitrogens is 4. The van der Waals surface area contributed by atoms with Gasteiger partial charge in [-0.2, -0.15) is 0 Å². The molecule has 19 heavy (non-hydrogen) atoms. The van der Waals surface area contributed by atoms with Crippen molar-refractivity contribution in [3.63, 3.8) is 0 Å². The molecular weight excluding hydrogens is 276 g/mol. The molecule has 0 saturated heterocycles. The first-order chi connectivity index (χ1) is 9.35. The van der Waals surface area contributed by atoms with E-state index in [-0.39, 0.29) is 0 Å². The van der Waals surface area contributed by atoms with E-state index in [1.807, 2.05) is 30.9 Å². The molecule has 0 saturated carbocycles. The molecule has 0 fully saturated rings. The van der Waals surface area contributed by atoms with Gasteiger partial charge in [0, 0.05) is 17.3 Å². The van der Waals surface area contributed by atoms with Gasteiger partial charge in [-0.05, 0) is 30.5 Å². The zero-order valence-corrected chi connectivity index (χ0v) is 12.0. The van der Waals surface area contributed by atoms with Crippen LogP contribution in [0.1, 0.15) is 4.88 Å². The Hall–Kier alpha value is -1.66. The monoisotopic (exact) mass is 288 g/mol. The molecule has 0 bridgehead atoms. The van der Waals surface area contributed by atoms with E-state index in [0.29, 0.717) is 0 Å². The summed E-state index contributed by atoms with van der Waals surface area (Å²) in [6, 6.07) is 8.25. The van der Waals surface area contributed by atoms with Gasteiger partial charge in [0.15, 0.2) is 0 Å². The summed E-state index contributed by atoms with van der Waals surface area (Å²) in [5, 5.41) is 9.36. The summed E-state index contributed by atoms with van der Waals surface area (Å²) in [7, 11) is 0. The molecule has 6 heteroatoms. The standard InChI is InChI=1S/C13H12N4S2/c1-18-13-5-3-11(15-16-13)12-4-2-10(19-12)8-17-7-6-14-9-17/h2-7,9H,8H2,1H3. The zero-order valence-electron chi connectivity index (χ0n) is 10.4. The third-order valence-corrected chi connectivity index (χ3v) is 4.39. The quantitative estimate of drug-likeness (QED) is 0.692. The molecule has 0 N–H and O–H groups in total. The van der Waals surface area contributed by atoms with Crippen LogP contribution >= 0.6 is 23.1 Å². The molecule has 96 valence electrons. The van der Waals surface area contributed by atoms with Crippen LogP contribution in [0, 0.1) is 0 Å². The summed E-state index contributed by atoms with van der Waals surface area (Å²) >= 11 is 3.34. The van der Waals surface area contributed by atoms with E-state index >= 15 is 0 Å². The lowest BCUT2D eigenvalue weighted by Crippen LogP contribution is -1.92. The Kier molecular flexibility index (Phi) is 3.61. The second-order valence-electron chi connectivity index (χ2n) is 3.96. The molecule has 0 aromatic carbocycles. The van der Waals surface area contributed by atoms with Crippen LogP contribution in [0.4, 0.5) is 0 Å². The van der Waals surface area contributed by atoms with Gasteiger partial charge >= 0.3 is 0 Å². The molecule has 3 aromatic heterocycles. The lowest BCUT2D eigenvalue weighted by molar-refractivity contribution is 0.810. The van der Waals surface area contributed by atoms with E-state index in [0.717, 1.165) is 22.1 Å². The number of thiophene rings is 1. The summed E-state index contributed by atoms with van der Waals surface area (Å²) in [5.74, 6) is 0. The average molecular weight is 288 g/mol. The van der Waals surface area contributed by atoms with Gasteiger partial charge < -0.3 is 4.57 Å². The van der Waals surface area contributed by atoms with Crippen LogP contribution in [-0.2, 0) is 6.54 Å². The lowest BCUT2D eigenvalue weighted by Gasteiger charge is -1.98. The van der Waals surface area contributed by atoms with E-state index in [2.05, 4.69) is 31.9 Å². The van der Waals surface area contributed by atoms with Crippen molar-refractivity contribution < 1.29 is 0 Å². The number of thioether (sulfide) groups is 1. The Morgan fingerprint density at radius 1 is 1.21 bits per heavy atom. The van der Waals surface area contributed by atoms with E-state index in [1.54, 1.807) is 29.3 Å². The van der Waals surface area contributed by atoms with E-state index in [4.69, 9.17) is 0 Å². The maximum Gasteiger partial charge on any atom is 0.119 e. The van der Waals surface area contributed by atoms with E-state index in [9.17, 15) is 0 Å². The van der Waals surface area contributed by atoms with E-state index in [1.165, 1.54) is 4.88 Å². The number of rotatable bonds is 4. The van der Waals surface area contributed by atoms with Crippen LogP contribution in [0.25, 0.3) is 10.6 Å². The predicted octanol–water partition coefficient (Wildman–Crippen LogP) is 3.17. The minimum atomic E-state index is 0.848. The first-order valence-corrected chi connectivity index (χ1v) is 7.82. The van der Waals surface area contributed by atoms with Gasteiger partial charge in [0.2, 0.25) is 0 Å². The number of nitrogens with zero attached hydrogens (tertiary/aromatic N) is 4. The molecule has 3 heterocycles. The molecule has 4 nitrogen and oxygen atoms in total. The van der Waals surface area contributed by atoms with Crippen LogP contribution in [0.2, 0.25) is 0 Å². The van der Waals surface area contributed by atoms with Gasteiger partial charge in [-0.1, -0.05) is 0 Å². The highest BCUT2D eigenvalue weighted by atomic mass is 32.2. The summed E-state index contributed by atoms with van der Waals surface area (Å²) in [4.78, 5) is 6.47. The van der Waals surface area contributed by atoms with Crippen LogP contribution < -0.4 is 0 Å². The predicted molar refractivity (Wildman–Crippen MR) is 78.5 cm³/mol. The Morgan fingerprint density at radius 3 is 2.84 bits per heavy atom. The summed E-state index contributed by atoms with van der Waals surface area (Å²) in [6.07, 6.45) is 7.58. The molecule has 0 aliphatic carbocycles. The minimum Gasteiger partial charge on any atom is -0.332 e. The van der Waals surface area contributed by atoms with Gasteiger partial charge in [-0.25, -0.2) is 4.98 Å². The van der Waals surface area contributed by atoms with Crippen LogP contribution in [0.5, 0.6) is 0 Å². The topological polar surface area (TPSA) is 43.6 Å². The molecule has 0 atom stereocenters. The fourth-order valence-electron chi connectivity index (χ4n) is 1.72. The molecule has 0 unspecified atom stereocenters. The molecule has 0 aliphatic heterocycles. The summed E-state index contributed by atoms with van der Waals surface area (Å²) < 4.78 is 2.05. The first-order valence-electron chi connectivity index (χ1n) is 5.78. The van der Waals surface area contributed by atoms with Gasteiger partial charge in [-0.15, -0.1) is 33.3 Å². The highest BCUT2D eigenvalue weighted by molar-refractivity contribution is 7.98. The smallest absolute Gasteiger partial charge is 0.119 e. The lowest BCUT2D eigenvalue weighted by atomic mass is 10.3. The third kappa shape index (κ3) is 2.85. The van der Waals surface area contributed by atoms with Crippen molar-refractivity contribution in [2.75, 3.05) is 6.26 Å². The van der Waals surface area contributed by atoms with Crippen molar-refractivity contribution in [2.24, 2.45) is 0 Å². The van der Waals surface area contributed by atoms with Crippen molar-refractivity contribution in [3.8, 4) is 10.6 Å². The van der Waals surface area contributed by atoms with Crippen molar-refractivity contribution >= 4 is 23.1 Å². The maximum absolute atomic E-state index is 4.25. The van der Waals surface area contributed by atoms with E-state index < -0.39 is 0 Å². The van der Waals surface area contributed by atoms with Crippen LogP contribution in [0.15, 0.2) is 48.0 Å². The van der Waals surface area contributed by atoms with Crippen molar-refractivity contribution in [1.29, 1.82) is 0 Å². The third-order valence-electron chi connectivity index (χ3n) is 2.66. The second-order valence-corrected chi connectivity index (χ2v) is 5.96. The van der Waals surface area contributed by atoms with Crippen molar-refractivity contribution in [3.05, 3.63) is 47.9 Å². The van der Waals surface area contributed by atoms with Crippen molar-refractivity contribution in [2.45, 2.75) is 11.6 Å². The van der Waals surface area contributed by atoms with Crippen LogP contribution in [-0.4, -0.2) is 26.0 Å². The Balaban J connectivity index is 1.80. The van der Waals surface area contributed by atoms with Gasteiger partial charge in [-0.3, -0.25) is 0 Å². The van der Waals surface area contributed by atoms with Gasteiger partial charge in [0.1, 0.15) is 10.7 Å². The molecule has 0 amide bonds. The highest BCUT2D eigenvalue weighted by Gasteiger charge is 2.05. The fraction of sp³-hybridized carbons (Fsp3) is 0.154. The minimum absolute atomic E-state index is 0.848. The highest BCUT2D eigenvalue weighted by Crippen LogP contribution is 2.27. The summed E-state index contributed by atoms with van der Waals surface area (Å²) in [5.41, 5.74) is 0.930. The number of imidazole rings is 1. The molecule has 0 radical (unpaired) electrons. The zero-order chi connectivity index (χ0) is 13.1. The van der Waals surface area contributed by atoms with Gasteiger partial charge in [0.05, 0.1) is 17.7 Å². The average Bonchev–Trinajstić information content (AvgIpc) is 3.11. The molecule has 3 rings (SSSR count). The summed E-state index contributed by atoms with van der Waals surface area (Å²) in [6.45, 7) is 0.848. The maximum atomic E-state index is 4.25. The largest absolute Gasteiger partial charge is 0.332 e. The number of hydrogen-bond donors (Lipinski definition) is 0. The Morgan fingerprint density at radius 2 is 2.16 bits per heavy atom. The Bertz CT molecular complexity index is 644. The fourth-order valence-corrected chi connectivity index (χ4v) is 3.03. The second kappa shape index (κ2) is 5.54. The molecule has 0 aliphatic rings. The first kappa shape index (κ1) is 12.4. The number of hydrogen-bond acceptors (Lipinski definition) is 5. The Labute approximate surface area is 119 Å². The molecule has 0 spiro atoms. The molecular formula is C13H12N4S2. The van der Waals surface area contributed by atoms with Crippen molar-refractivity contribution in [1.82, 2.24) is 19.7 Å².